The monoisotopic (exact) mass is 372 g/mol. The number of hydrogen-bond donors (Lipinski definition) is 2. The molecule has 0 aliphatic rings. The standard InChI is InChI=1S/C14H16N4O4.C3H4N2/c1-9-5-3-4-6-12(9)22-14-15-17-18(16-14)8-11(19)10(2)7-13(20)21;1-2-5-3-4-1/h3-6,10H,7-8H2,1-2H3,(H,20,21);1-3H,(H,4,5). The number of aromatic nitrogens is 6. The number of rotatable bonds is 7. The first-order valence-corrected chi connectivity index (χ1v) is 8.14. The molecule has 1 atom stereocenters. The summed E-state index contributed by atoms with van der Waals surface area (Å²) in [5.41, 5.74) is 0.921. The van der Waals surface area contributed by atoms with Gasteiger partial charge in [0.1, 0.15) is 12.3 Å². The van der Waals surface area contributed by atoms with Gasteiger partial charge < -0.3 is 14.8 Å². The molecule has 1 unspecified atom stereocenters. The van der Waals surface area contributed by atoms with Gasteiger partial charge in [0.05, 0.1) is 12.7 Å². The molecule has 10 heteroatoms. The van der Waals surface area contributed by atoms with Crippen LogP contribution in [0.2, 0.25) is 0 Å². The number of ether oxygens (including phenoxy) is 1. The van der Waals surface area contributed by atoms with Gasteiger partial charge in [-0.25, -0.2) is 4.98 Å². The zero-order chi connectivity index (χ0) is 19.6. The van der Waals surface area contributed by atoms with Crippen molar-refractivity contribution < 1.29 is 19.4 Å². The maximum Gasteiger partial charge on any atom is 0.361 e. The highest BCUT2D eigenvalue weighted by molar-refractivity contribution is 5.84. The molecule has 0 saturated heterocycles. The number of aliphatic carboxylic acids is 1. The molecule has 2 heterocycles. The Morgan fingerprint density at radius 2 is 2.11 bits per heavy atom. The van der Waals surface area contributed by atoms with Gasteiger partial charge in [-0.1, -0.05) is 35.3 Å². The molecule has 2 N–H and O–H groups in total. The van der Waals surface area contributed by atoms with Gasteiger partial charge in [0.2, 0.25) is 0 Å². The lowest BCUT2D eigenvalue weighted by atomic mass is 10.0. The predicted octanol–water partition coefficient (Wildman–Crippen LogP) is 1.86. The van der Waals surface area contributed by atoms with Crippen LogP contribution in [0, 0.1) is 12.8 Å². The van der Waals surface area contributed by atoms with Crippen LogP contribution >= 0.6 is 0 Å². The summed E-state index contributed by atoms with van der Waals surface area (Å²) < 4.78 is 5.49. The maximum atomic E-state index is 11.8. The third-order valence-corrected chi connectivity index (χ3v) is 3.46. The van der Waals surface area contributed by atoms with Crippen molar-refractivity contribution in [2.24, 2.45) is 5.92 Å². The Hall–Kier alpha value is -3.56. The topological polar surface area (TPSA) is 136 Å². The molecule has 0 fully saturated rings. The fourth-order valence-corrected chi connectivity index (χ4v) is 1.99. The van der Waals surface area contributed by atoms with Crippen molar-refractivity contribution >= 4 is 11.8 Å². The van der Waals surface area contributed by atoms with E-state index in [1.807, 2.05) is 25.1 Å². The van der Waals surface area contributed by atoms with E-state index in [1.54, 1.807) is 31.7 Å². The molecule has 2 aromatic heterocycles. The first kappa shape index (κ1) is 19.8. The summed E-state index contributed by atoms with van der Waals surface area (Å²) in [5.74, 6) is -1.30. The van der Waals surface area contributed by atoms with Crippen molar-refractivity contribution in [2.45, 2.75) is 26.8 Å². The minimum absolute atomic E-state index is 0.0352. The molecule has 0 amide bonds. The summed E-state index contributed by atoms with van der Waals surface area (Å²) in [6.45, 7) is 3.30. The fourth-order valence-electron chi connectivity index (χ4n) is 1.99. The molecule has 3 aromatic rings. The highest BCUT2D eigenvalue weighted by atomic mass is 16.5. The van der Waals surface area contributed by atoms with Gasteiger partial charge in [-0.05, 0) is 23.8 Å². The van der Waals surface area contributed by atoms with E-state index in [1.165, 1.54) is 0 Å². The zero-order valence-corrected chi connectivity index (χ0v) is 14.9. The van der Waals surface area contributed by atoms with Crippen LogP contribution in [-0.4, -0.2) is 47.0 Å². The Labute approximate surface area is 155 Å². The van der Waals surface area contributed by atoms with Crippen molar-refractivity contribution in [1.29, 1.82) is 0 Å². The molecule has 10 nitrogen and oxygen atoms in total. The number of aromatic amines is 1. The number of ketones is 1. The lowest BCUT2D eigenvalue weighted by molar-refractivity contribution is -0.140. The van der Waals surface area contributed by atoms with Crippen LogP contribution < -0.4 is 4.74 Å². The lowest BCUT2D eigenvalue weighted by Crippen LogP contribution is -2.21. The summed E-state index contributed by atoms with van der Waals surface area (Å²) in [5, 5.41) is 20.1. The average Bonchev–Trinajstić information content (AvgIpc) is 3.31. The number of nitrogens with zero attached hydrogens (tertiary/aromatic N) is 5. The number of nitrogens with one attached hydrogen (secondary N) is 1. The highest BCUT2D eigenvalue weighted by Gasteiger charge is 2.18. The Balaban J connectivity index is 0.000000451. The molecule has 3 rings (SSSR count). The van der Waals surface area contributed by atoms with Crippen molar-refractivity contribution in [3.63, 3.8) is 0 Å². The summed E-state index contributed by atoms with van der Waals surface area (Å²) in [6.07, 6.45) is 4.86. The second-order valence-electron chi connectivity index (χ2n) is 5.70. The van der Waals surface area contributed by atoms with Crippen molar-refractivity contribution in [2.75, 3.05) is 0 Å². The summed E-state index contributed by atoms with van der Waals surface area (Å²) in [4.78, 5) is 29.9. The van der Waals surface area contributed by atoms with Crippen LogP contribution in [0.4, 0.5) is 0 Å². The molecule has 0 aliphatic heterocycles. The number of H-pyrrole nitrogens is 1. The smallest absolute Gasteiger partial charge is 0.361 e. The number of benzene rings is 1. The average molecular weight is 372 g/mol. The van der Waals surface area contributed by atoms with Crippen LogP contribution in [0.3, 0.4) is 0 Å². The highest BCUT2D eigenvalue weighted by Crippen LogP contribution is 2.20. The van der Waals surface area contributed by atoms with Gasteiger partial charge in [-0.2, -0.15) is 4.80 Å². The third kappa shape index (κ3) is 6.69. The van der Waals surface area contributed by atoms with Crippen molar-refractivity contribution in [1.82, 2.24) is 30.2 Å². The van der Waals surface area contributed by atoms with Gasteiger partial charge in [0.15, 0.2) is 5.78 Å². The number of imidazole rings is 1. The maximum absolute atomic E-state index is 11.8. The molecule has 0 aliphatic carbocycles. The Kier molecular flexibility index (Phi) is 7.17. The first-order valence-electron chi connectivity index (χ1n) is 8.14. The zero-order valence-electron chi connectivity index (χ0n) is 14.9. The second kappa shape index (κ2) is 9.80. The van der Waals surface area contributed by atoms with Crippen LogP contribution in [-0.2, 0) is 16.1 Å². The SMILES string of the molecule is Cc1ccccc1Oc1nnn(CC(=O)C(C)CC(=O)O)n1.c1c[nH]cn1. The van der Waals surface area contributed by atoms with Crippen LogP contribution in [0.15, 0.2) is 43.0 Å². The van der Waals surface area contributed by atoms with Crippen molar-refractivity contribution in [3.8, 4) is 11.8 Å². The molecule has 0 saturated carbocycles. The molecule has 0 bridgehead atoms. The van der Waals surface area contributed by atoms with E-state index in [0.29, 0.717) is 5.75 Å². The molecule has 1 aromatic carbocycles. The molecule has 0 spiro atoms. The van der Waals surface area contributed by atoms with E-state index in [4.69, 9.17) is 9.84 Å². The lowest BCUT2D eigenvalue weighted by Gasteiger charge is -2.06. The normalized spacial score (nSPS) is 11.2. The van der Waals surface area contributed by atoms with E-state index in [0.717, 1.165) is 10.4 Å². The largest absolute Gasteiger partial charge is 0.481 e. The number of hydrogen-bond acceptors (Lipinski definition) is 7. The number of carboxylic acid groups (broad SMARTS) is 1. The molecule has 142 valence electrons. The van der Waals surface area contributed by atoms with Crippen LogP contribution in [0.5, 0.6) is 11.8 Å². The van der Waals surface area contributed by atoms with Gasteiger partial charge in [0, 0.05) is 18.3 Å². The van der Waals surface area contributed by atoms with E-state index in [-0.39, 0.29) is 24.8 Å². The van der Waals surface area contributed by atoms with Crippen LogP contribution in [0.1, 0.15) is 18.9 Å². The second-order valence-corrected chi connectivity index (χ2v) is 5.70. The van der Waals surface area contributed by atoms with E-state index in [2.05, 4.69) is 25.4 Å². The number of carbonyl (C=O) groups is 2. The van der Waals surface area contributed by atoms with Gasteiger partial charge in [-0.15, -0.1) is 0 Å². The predicted molar refractivity (Wildman–Crippen MR) is 94.1 cm³/mol. The fraction of sp³-hybridized carbons (Fsp3) is 0.294. The number of tetrazole rings is 1. The molecular formula is C17H20N6O4. The number of carboxylic acids is 1. The quantitative estimate of drug-likeness (QED) is 0.641. The molecule has 27 heavy (non-hydrogen) atoms. The van der Waals surface area contributed by atoms with Gasteiger partial charge in [0.25, 0.3) is 0 Å². The summed E-state index contributed by atoms with van der Waals surface area (Å²) in [7, 11) is 0. The number of aryl methyl sites for hydroxylation is 1. The summed E-state index contributed by atoms with van der Waals surface area (Å²) in [6, 6.07) is 7.40. The number of carbonyl (C=O) groups excluding carboxylic acids is 1. The first-order chi connectivity index (χ1) is 13.0. The Morgan fingerprint density at radius 1 is 1.33 bits per heavy atom. The Morgan fingerprint density at radius 3 is 2.70 bits per heavy atom. The minimum Gasteiger partial charge on any atom is -0.481 e. The van der Waals surface area contributed by atoms with Crippen molar-refractivity contribution in [3.05, 3.63) is 48.5 Å². The van der Waals surface area contributed by atoms with Crippen LogP contribution in [0.25, 0.3) is 0 Å². The van der Waals surface area contributed by atoms with E-state index >= 15 is 0 Å². The van der Waals surface area contributed by atoms with Gasteiger partial charge in [-0.3, -0.25) is 9.59 Å². The third-order valence-electron chi connectivity index (χ3n) is 3.46. The molecular weight excluding hydrogens is 352 g/mol. The van der Waals surface area contributed by atoms with E-state index < -0.39 is 11.9 Å². The number of Topliss-reactive ketones (excluding diaryl/α,β-unsaturated/α-hetero) is 1. The minimum atomic E-state index is -1.02. The Bertz CT molecular complexity index is 845. The van der Waals surface area contributed by atoms with Gasteiger partial charge >= 0.3 is 12.0 Å². The summed E-state index contributed by atoms with van der Waals surface area (Å²) >= 11 is 0. The molecule has 0 radical (unpaired) electrons. The number of para-hydroxylation sites is 1. The van der Waals surface area contributed by atoms with E-state index in [9.17, 15) is 9.59 Å².